The van der Waals surface area contributed by atoms with Gasteiger partial charge in [-0.1, -0.05) is 27.7 Å². The number of ether oxygens (including phenoxy) is 1. The van der Waals surface area contributed by atoms with Crippen LogP contribution < -0.4 is 10.1 Å². The van der Waals surface area contributed by atoms with Gasteiger partial charge < -0.3 is 10.1 Å². The summed E-state index contributed by atoms with van der Waals surface area (Å²) in [6.07, 6.45) is 3.34. The molecule has 2 aromatic heterocycles. The molecule has 0 saturated heterocycles. The minimum Gasteiger partial charge on any atom is -0.481 e. The second-order valence-electron chi connectivity index (χ2n) is 5.30. The number of aromatic nitrogens is 2. The summed E-state index contributed by atoms with van der Waals surface area (Å²) in [5, 5.41) is 3.59. The molecular weight excluding hydrogens is 414 g/mol. The Morgan fingerprint density at radius 3 is 2.73 bits per heavy atom. The highest BCUT2D eigenvalue weighted by molar-refractivity contribution is 9.10. The number of benzene rings is 1. The molecule has 26 heavy (non-hydrogen) atoms. The number of amides is 1. The maximum absolute atomic E-state index is 12.6. The highest BCUT2D eigenvalue weighted by atomic mass is 79.9. The van der Waals surface area contributed by atoms with E-state index in [2.05, 4.69) is 31.2 Å². The van der Waals surface area contributed by atoms with Gasteiger partial charge in [0, 0.05) is 34.4 Å². The fourth-order valence-electron chi connectivity index (χ4n) is 2.21. The highest BCUT2D eigenvalue weighted by Crippen LogP contribution is 2.29. The third-order valence-electron chi connectivity index (χ3n) is 3.51. The van der Waals surface area contributed by atoms with E-state index in [1.807, 2.05) is 30.3 Å². The van der Waals surface area contributed by atoms with E-state index in [1.165, 1.54) is 11.8 Å². The number of nitrogens with zero attached hydrogens (tertiary/aromatic N) is 2. The van der Waals surface area contributed by atoms with Gasteiger partial charge in [0.1, 0.15) is 5.03 Å². The number of methoxy groups -OCH3 is 1. The fourth-order valence-corrected chi connectivity index (χ4v) is 3.35. The van der Waals surface area contributed by atoms with Gasteiger partial charge in [-0.3, -0.25) is 4.79 Å². The predicted molar refractivity (Wildman–Crippen MR) is 104 cm³/mol. The van der Waals surface area contributed by atoms with E-state index in [-0.39, 0.29) is 5.91 Å². The maximum Gasteiger partial charge on any atom is 0.254 e. The Hall–Kier alpha value is -2.38. The van der Waals surface area contributed by atoms with Crippen molar-refractivity contribution in [3.05, 3.63) is 76.5 Å². The van der Waals surface area contributed by atoms with Crippen LogP contribution >= 0.6 is 27.7 Å². The van der Waals surface area contributed by atoms with Crippen molar-refractivity contribution in [3.8, 4) is 5.88 Å². The van der Waals surface area contributed by atoms with E-state index in [1.54, 1.807) is 37.7 Å². The van der Waals surface area contributed by atoms with Crippen molar-refractivity contribution in [2.75, 3.05) is 7.11 Å². The second kappa shape index (κ2) is 8.82. The molecule has 7 heteroatoms. The van der Waals surface area contributed by atoms with Crippen LogP contribution in [0.5, 0.6) is 5.88 Å². The smallest absolute Gasteiger partial charge is 0.254 e. The molecule has 0 spiro atoms. The van der Waals surface area contributed by atoms with Crippen LogP contribution in [0.15, 0.2) is 75.3 Å². The van der Waals surface area contributed by atoms with Gasteiger partial charge in [-0.15, -0.1) is 0 Å². The first kappa shape index (κ1) is 18.4. The van der Waals surface area contributed by atoms with Gasteiger partial charge in [0.05, 0.1) is 12.7 Å². The van der Waals surface area contributed by atoms with E-state index in [9.17, 15) is 4.79 Å². The molecule has 1 N–H and O–H groups in total. The zero-order valence-electron chi connectivity index (χ0n) is 14.0. The Bertz CT molecular complexity index is 903. The van der Waals surface area contributed by atoms with E-state index >= 15 is 0 Å². The summed E-state index contributed by atoms with van der Waals surface area (Å²) in [4.78, 5) is 22.1. The molecule has 0 radical (unpaired) electrons. The molecular formula is C19H16BrN3O2S. The molecule has 0 atom stereocenters. The van der Waals surface area contributed by atoms with Crippen LogP contribution in [0.3, 0.4) is 0 Å². The first-order valence-corrected chi connectivity index (χ1v) is 9.42. The first-order valence-electron chi connectivity index (χ1n) is 7.81. The molecule has 0 aliphatic rings. The summed E-state index contributed by atoms with van der Waals surface area (Å²) >= 11 is 4.88. The predicted octanol–water partition coefficient (Wildman–Crippen LogP) is 4.33. The summed E-state index contributed by atoms with van der Waals surface area (Å²) in [7, 11) is 1.56. The van der Waals surface area contributed by atoms with Crippen LogP contribution in [0.25, 0.3) is 0 Å². The second-order valence-corrected chi connectivity index (χ2v) is 7.28. The lowest BCUT2D eigenvalue weighted by Crippen LogP contribution is -2.23. The molecule has 1 amide bonds. The van der Waals surface area contributed by atoms with E-state index in [0.29, 0.717) is 23.0 Å². The monoisotopic (exact) mass is 429 g/mol. The number of rotatable bonds is 6. The van der Waals surface area contributed by atoms with Crippen LogP contribution in [0.1, 0.15) is 15.9 Å². The standard InChI is InChI=1S/C19H16BrN3O2S/c1-25-17-11-13(8-10-21-17)12-23-18(24)16-3-2-9-22-19(16)26-15-6-4-14(20)5-7-15/h2-11H,12H2,1H3,(H,23,24). The number of pyridine rings is 2. The molecule has 2 heterocycles. The Morgan fingerprint density at radius 1 is 1.15 bits per heavy atom. The minimum absolute atomic E-state index is 0.173. The van der Waals surface area contributed by atoms with Crippen molar-refractivity contribution in [2.45, 2.75) is 16.5 Å². The van der Waals surface area contributed by atoms with E-state index in [0.717, 1.165) is 14.9 Å². The normalized spacial score (nSPS) is 10.4. The van der Waals surface area contributed by atoms with Gasteiger partial charge in [-0.2, -0.15) is 0 Å². The van der Waals surface area contributed by atoms with E-state index < -0.39 is 0 Å². The fraction of sp³-hybridized carbons (Fsp3) is 0.105. The summed E-state index contributed by atoms with van der Waals surface area (Å²) in [6, 6.07) is 15.0. The van der Waals surface area contributed by atoms with Crippen LogP contribution in [-0.2, 0) is 6.54 Å². The minimum atomic E-state index is -0.173. The average Bonchev–Trinajstić information content (AvgIpc) is 2.68. The maximum atomic E-state index is 12.6. The zero-order valence-corrected chi connectivity index (χ0v) is 16.4. The summed E-state index contributed by atoms with van der Waals surface area (Å²) < 4.78 is 6.11. The van der Waals surface area contributed by atoms with Gasteiger partial charge >= 0.3 is 0 Å². The quantitative estimate of drug-likeness (QED) is 0.631. The highest BCUT2D eigenvalue weighted by Gasteiger charge is 2.13. The van der Waals surface area contributed by atoms with Gasteiger partial charge in [-0.05, 0) is 48.0 Å². The lowest BCUT2D eigenvalue weighted by Gasteiger charge is -2.10. The SMILES string of the molecule is COc1cc(CNC(=O)c2cccnc2Sc2ccc(Br)cc2)ccn1. The third-order valence-corrected chi connectivity index (χ3v) is 5.06. The number of hydrogen-bond acceptors (Lipinski definition) is 5. The molecule has 0 aliphatic heterocycles. The van der Waals surface area contributed by atoms with Crippen LogP contribution in [0.4, 0.5) is 0 Å². The summed E-state index contributed by atoms with van der Waals surface area (Å²) in [5.74, 6) is 0.345. The van der Waals surface area contributed by atoms with Crippen LogP contribution in [0, 0.1) is 0 Å². The van der Waals surface area contributed by atoms with Gasteiger partial charge in [-0.25, -0.2) is 9.97 Å². The summed E-state index contributed by atoms with van der Waals surface area (Å²) in [6.45, 7) is 0.384. The summed E-state index contributed by atoms with van der Waals surface area (Å²) in [5.41, 5.74) is 1.46. The van der Waals surface area contributed by atoms with Crippen molar-refractivity contribution in [2.24, 2.45) is 0 Å². The molecule has 0 saturated carbocycles. The molecule has 3 rings (SSSR count). The number of carbonyl (C=O) groups is 1. The Balaban J connectivity index is 1.71. The molecule has 132 valence electrons. The van der Waals surface area contributed by atoms with Crippen LogP contribution in [-0.4, -0.2) is 23.0 Å². The first-order chi connectivity index (χ1) is 12.7. The number of carbonyl (C=O) groups excluding carboxylic acids is 1. The molecule has 5 nitrogen and oxygen atoms in total. The molecule has 1 aromatic carbocycles. The number of hydrogen-bond donors (Lipinski definition) is 1. The lowest BCUT2D eigenvalue weighted by molar-refractivity contribution is 0.0947. The Morgan fingerprint density at radius 2 is 1.96 bits per heavy atom. The Kier molecular flexibility index (Phi) is 6.25. The van der Waals surface area contributed by atoms with Gasteiger partial charge in [0.15, 0.2) is 0 Å². The number of nitrogens with one attached hydrogen (secondary N) is 1. The lowest BCUT2D eigenvalue weighted by atomic mass is 10.2. The van der Waals surface area contributed by atoms with E-state index in [4.69, 9.17) is 4.74 Å². The topological polar surface area (TPSA) is 64.1 Å². The molecule has 0 bridgehead atoms. The molecule has 0 unspecified atom stereocenters. The van der Waals surface area contributed by atoms with Crippen molar-refractivity contribution in [3.63, 3.8) is 0 Å². The van der Waals surface area contributed by atoms with Crippen molar-refractivity contribution >= 4 is 33.6 Å². The average molecular weight is 430 g/mol. The van der Waals surface area contributed by atoms with Gasteiger partial charge in [0.2, 0.25) is 5.88 Å². The number of halogens is 1. The molecule has 0 aliphatic carbocycles. The van der Waals surface area contributed by atoms with Gasteiger partial charge in [0.25, 0.3) is 5.91 Å². The molecule has 0 fully saturated rings. The Labute approximate surface area is 164 Å². The van der Waals surface area contributed by atoms with Crippen LogP contribution in [0.2, 0.25) is 0 Å². The largest absolute Gasteiger partial charge is 0.481 e. The van der Waals surface area contributed by atoms with Crippen molar-refractivity contribution < 1.29 is 9.53 Å². The molecule has 3 aromatic rings. The van der Waals surface area contributed by atoms with Crippen molar-refractivity contribution in [1.29, 1.82) is 0 Å². The third kappa shape index (κ3) is 4.83. The van der Waals surface area contributed by atoms with Crippen molar-refractivity contribution in [1.82, 2.24) is 15.3 Å². The zero-order chi connectivity index (χ0) is 18.4.